The molecule has 0 amide bonds. The van der Waals surface area contributed by atoms with Gasteiger partial charge in [0.1, 0.15) is 5.78 Å². The number of nitrogens with zero attached hydrogens (tertiary/aromatic N) is 1. The van der Waals surface area contributed by atoms with Gasteiger partial charge in [0.2, 0.25) is 0 Å². The normalized spacial score (nSPS) is 16.5. The lowest BCUT2D eigenvalue weighted by Crippen LogP contribution is -2.27. The maximum absolute atomic E-state index is 11.4. The number of carbonyl (C=O) groups excluding carboxylic acids is 1. The fourth-order valence-electron chi connectivity index (χ4n) is 1.51. The summed E-state index contributed by atoms with van der Waals surface area (Å²) in [6.07, 6.45) is 6.04. The van der Waals surface area contributed by atoms with Crippen LogP contribution in [0.15, 0.2) is 0 Å². The molecule has 0 aromatic rings. The molecule has 0 heterocycles. The molecule has 0 aromatic carbocycles. The van der Waals surface area contributed by atoms with E-state index in [0.29, 0.717) is 18.2 Å². The molecule has 0 bridgehead atoms. The predicted molar refractivity (Wildman–Crippen MR) is 54.8 cm³/mol. The maximum Gasteiger partial charge on any atom is 0.149 e. The Morgan fingerprint density at radius 3 is 2.62 bits per heavy atom. The Morgan fingerprint density at radius 2 is 2.08 bits per heavy atom. The molecule has 1 aliphatic rings. The van der Waals surface area contributed by atoms with E-state index < -0.39 is 0 Å². The van der Waals surface area contributed by atoms with Crippen molar-refractivity contribution in [3.05, 3.63) is 0 Å². The van der Waals surface area contributed by atoms with E-state index in [1.54, 1.807) is 0 Å². The van der Waals surface area contributed by atoms with Gasteiger partial charge in [-0.15, -0.1) is 0 Å². The van der Waals surface area contributed by atoms with Gasteiger partial charge < -0.3 is 0 Å². The zero-order valence-electron chi connectivity index (χ0n) is 8.88. The second-order valence-electron chi connectivity index (χ2n) is 4.19. The van der Waals surface area contributed by atoms with Crippen molar-refractivity contribution in [3.8, 4) is 0 Å². The molecule has 2 nitrogen and oxygen atoms in total. The van der Waals surface area contributed by atoms with E-state index in [1.165, 1.54) is 19.3 Å². The minimum atomic E-state index is 0.425. The molecule has 0 radical (unpaired) electrons. The van der Waals surface area contributed by atoms with Crippen LogP contribution in [0.2, 0.25) is 0 Å². The molecule has 0 N–H and O–H groups in total. The number of ketones is 1. The molecule has 1 saturated carbocycles. The van der Waals surface area contributed by atoms with E-state index in [2.05, 4.69) is 18.9 Å². The van der Waals surface area contributed by atoms with Crippen LogP contribution in [0.3, 0.4) is 0 Å². The third-order valence-corrected chi connectivity index (χ3v) is 2.60. The molecule has 0 aliphatic heterocycles. The highest BCUT2D eigenvalue weighted by molar-refractivity contribution is 5.84. The van der Waals surface area contributed by atoms with Crippen LogP contribution in [0.5, 0.6) is 0 Å². The van der Waals surface area contributed by atoms with E-state index in [4.69, 9.17) is 0 Å². The first-order valence-electron chi connectivity index (χ1n) is 5.45. The highest BCUT2D eigenvalue weighted by atomic mass is 16.1. The molecule has 2 heteroatoms. The molecule has 0 atom stereocenters. The lowest BCUT2D eigenvalue weighted by Gasteiger charge is -2.14. The van der Waals surface area contributed by atoms with Gasteiger partial charge in [-0.05, 0) is 32.9 Å². The number of hydrogen-bond acceptors (Lipinski definition) is 2. The van der Waals surface area contributed by atoms with Crippen LogP contribution in [0.4, 0.5) is 0 Å². The summed E-state index contributed by atoms with van der Waals surface area (Å²) in [5.41, 5.74) is 0. The Balaban J connectivity index is 2.02. The van der Waals surface area contributed by atoms with E-state index in [0.717, 1.165) is 19.4 Å². The van der Waals surface area contributed by atoms with Crippen molar-refractivity contribution in [1.82, 2.24) is 4.90 Å². The molecule has 1 fully saturated rings. The van der Waals surface area contributed by atoms with Crippen molar-refractivity contribution < 1.29 is 4.79 Å². The molecule has 76 valence electrons. The quantitative estimate of drug-likeness (QED) is 0.563. The maximum atomic E-state index is 11.4. The van der Waals surface area contributed by atoms with E-state index in [-0.39, 0.29) is 0 Å². The average molecular weight is 183 g/mol. The van der Waals surface area contributed by atoms with Gasteiger partial charge in [-0.2, -0.15) is 0 Å². The molecule has 0 aromatic heterocycles. The third kappa shape index (κ3) is 4.41. The Labute approximate surface area is 81.3 Å². The molecular weight excluding hydrogens is 162 g/mol. The van der Waals surface area contributed by atoms with Crippen molar-refractivity contribution >= 4 is 5.78 Å². The van der Waals surface area contributed by atoms with Gasteiger partial charge in [0.25, 0.3) is 0 Å². The van der Waals surface area contributed by atoms with Crippen molar-refractivity contribution in [3.63, 3.8) is 0 Å². The van der Waals surface area contributed by atoms with Crippen molar-refractivity contribution in [1.29, 1.82) is 0 Å². The number of likely N-dealkylation sites (N-methyl/N-ethyl adjacent to an activating group) is 1. The highest BCUT2D eigenvalue weighted by Gasteiger charge is 2.29. The van der Waals surface area contributed by atoms with Crippen LogP contribution in [0, 0.1) is 5.92 Å². The molecule has 0 spiro atoms. The molecular formula is C11H21NO. The minimum absolute atomic E-state index is 0.425. The largest absolute Gasteiger partial charge is 0.299 e. The molecule has 13 heavy (non-hydrogen) atoms. The van der Waals surface area contributed by atoms with Gasteiger partial charge in [-0.1, -0.05) is 19.8 Å². The first kappa shape index (κ1) is 10.7. The fourth-order valence-corrected chi connectivity index (χ4v) is 1.51. The van der Waals surface area contributed by atoms with Crippen LogP contribution in [-0.2, 0) is 4.79 Å². The Kier molecular flexibility index (Phi) is 4.43. The van der Waals surface area contributed by atoms with Crippen LogP contribution < -0.4 is 0 Å². The average Bonchev–Trinajstić information content (AvgIpc) is 2.86. The van der Waals surface area contributed by atoms with Crippen molar-refractivity contribution in [2.75, 3.05) is 20.1 Å². The van der Waals surface area contributed by atoms with Crippen LogP contribution >= 0.6 is 0 Å². The number of hydrogen-bond donors (Lipinski definition) is 0. The second-order valence-corrected chi connectivity index (χ2v) is 4.19. The molecule has 0 saturated heterocycles. The monoisotopic (exact) mass is 183 g/mol. The summed E-state index contributed by atoms with van der Waals surface area (Å²) in [6.45, 7) is 3.95. The summed E-state index contributed by atoms with van der Waals surface area (Å²) < 4.78 is 0. The van der Waals surface area contributed by atoms with Gasteiger partial charge in [0, 0.05) is 5.92 Å². The predicted octanol–water partition coefficient (Wildman–Crippen LogP) is 2.09. The smallest absolute Gasteiger partial charge is 0.149 e. The standard InChI is InChI=1S/C11H21NO/c1-3-4-5-8-12(2)9-11(13)10-6-7-10/h10H,3-9H2,1-2H3. The fraction of sp³-hybridized carbons (Fsp3) is 0.909. The number of unbranched alkanes of at least 4 members (excludes halogenated alkanes) is 2. The summed E-state index contributed by atoms with van der Waals surface area (Å²) in [5.74, 6) is 0.882. The molecule has 0 unspecified atom stereocenters. The number of Topliss-reactive ketones (excluding diaryl/α,β-unsaturated/α-hetero) is 1. The van der Waals surface area contributed by atoms with E-state index in [9.17, 15) is 4.79 Å². The van der Waals surface area contributed by atoms with Gasteiger partial charge in [0.15, 0.2) is 0 Å². The first-order valence-corrected chi connectivity index (χ1v) is 5.45. The van der Waals surface area contributed by atoms with Gasteiger partial charge >= 0.3 is 0 Å². The Bertz CT molecular complexity index is 163. The van der Waals surface area contributed by atoms with Gasteiger partial charge in [-0.3, -0.25) is 9.69 Å². The first-order chi connectivity index (χ1) is 6.24. The van der Waals surface area contributed by atoms with Crippen molar-refractivity contribution in [2.24, 2.45) is 5.92 Å². The van der Waals surface area contributed by atoms with E-state index >= 15 is 0 Å². The van der Waals surface area contributed by atoms with Crippen LogP contribution in [-0.4, -0.2) is 30.8 Å². The summed E-state index contributed by atoms with van der Waals surface area (Å²) in [7, 11) is 2.05. The number of rotatable bonds is 7. The summed E-state index contributed by atoms with van der Waals surface area (Å²) in [4.78, 5) is 13.6. The Morgan fingerprint density at radius 1 is 1.38 bits per heavy atom. The third-order valence-electron chi connectivity index (χ3n) is 2.60. The lowest BCUT2D eigenvalue weighted by molar-refractivity contribution is -0.121. The topological polar surface area (TPSA) is 20.3 Å². The lowest BCUT2D eigenvalue weighted by atomic mass is 10.2. The minimum Gasteiger partial charge on any atom is -0.299 e. The van der Waals surface area contributed by atoms with E-state index in [1.807, 2.05) is 0 Å². The summed E-state index contributed by atoms with van der Waals surface area (Å²) in [6, 6.07) is 0. The molecule has 1 rings (SSSR count). The number of carbonyl (C=O) groups is 1. The highest BCUT2D eigenvalue weighted by Crippen LogP contribution is 2.29. The Hall–Kier alpha value is -0.370. The zero-order chi connectivity index (χ0) is 9.68. The van der Waals surface area contributed by atoms with Crippen LogP contribution in [0.1, 0.15) is 39.0 Å². The SMILES string of the molecule is CCCCCN(C)CC(=O)C1CC1. The van der Waals surface area contributed by atoms with Gasteiger partial charge in [-0.25, -0.2) is 0 Å². The second kappa shape index (κ2) is 5.38. The van der Waals surface area contributed by atoms with Gasteiger partial charge in [0.05, 0.1) is 6.54 Å². The van der Waals surface area contributed by atoms with Crippen LogP contribution in [0.25, 0.3) is 0 Å². The summed E-state index contributed by atoms with van der Waals surface area (Å²) >= 11 is 0. The zero-order valence-corrected chi connectivity index (χ0v) is 8.88. The van der Waals surface area contributed by atoms with Crippen molar-refractivity contribution in [2.45, 2.75) is 39.0 Å². The summed E-state index contributed by atoms with van der Waals surface area (Å²) in [5, 5.41) is 0. The molecule has 1 aliphatic carbocycles.